The van der Waals surface area contributed by atoms with Crippen LogP contribution >= 0.6 is 15.1 Å². The Bertz CT molecular complexity index is 571. The van der Waals surface area contributed by atoms with Crippen molar-refractivity contribution < 1.29 is 23.8 Å². The molecule has 0 radical (unpaired) electrons. The molecule has 0 aromatic rings. The maximum atomic E-state index is 11.6. The van der Waals surface area contributed by atoms with Gasteiger partial charge in [0, 0.05) is 6.54 Å². The van der Waals surface area contributed by atoms with Gasteiger partial charge in [0.05, 0.1) is 0 Å². The van der Waals surface area contributed by atoms with Crippen molar-refractivity contribution in [2.24, 2.45) is 0 Å². The minimum absolute atomic E-state index is 0.114. The second-order valence-corrected chi connectivity index (χ2v) is 10.5. The van der Waals surface area contributed by atoms with E-state index in [4.69, 9.17) is 9.79 Å². The van der Waals surface area contributed by atoms with Crippen molar-refractivity contribution in [2.45, 2.75) is 53.4 Å². The molecule has 140 valence electrons. The van der Waals surface area contributed by atoms with Crippen molar-refractivity contribution in [1.82, 2.24) is 5.09 Å². The molecule has 0 saturated carbocycles. The molecule has 0 saturated heterocycles. The largest absolute Gasteiger partial charge is 0.336 e. The molecular weight excluding hydrogens is 348 g/mol. The predicted molar refractivity (Wildman–Crippen MR) is 100 cm³/mol. The van der Waals surface area contributed by atoms with Crippen molar-refractivity contribution >= 4 is 15.1 Å². The fraction of sp³-hybridized carbons (Fsp3) is 0.625. The fourth-order valence-electron chi connectivity index (χ4n) is 2.00. The Labute approximate surface area is 145 Å². The summed E-state index contributed by atoms with van der Waals surface area (Å²) in [6, 6.07) is 0. The molecule has 0 aromatic heterocycles. The standard InChI is InChI=1S/C16H31NO5P2/c1-14(2)7-5-8-15(3)9-6-10-16(4)11-12-17-23(18,19)13-24(20,21)22/h7,9,11H,5-6,8,10,12-13H2,1-4H3,(H2,17,18,19)(H2,20,21,22). The molecule has 0 aliphatic heterocycles. The van der Waals surface area contributed by atoms with Crippen molar-refractivity contribution in [3.8, 4) is 0 Å². The Morgan fingerprint density at radius 2 is 1.38 bits per heavy atom. The number of hydrogen-bond donors (Lipinski definition) is 4. The van der Waals surface area contributed by atoms with Crippen LogP contribution < -0.4 is 5.09 Å². The molecule has 6 nitrogen and oxygen atoms in total. The molecular formula is C16H31NO5P2. The second-order valence-electron chi connectivity index (χ2n) is 6.33. The van der Waals surface area contributed by atoms with Gasteiger partial charge in [-0.2, -0.15) is 0 Å². The van der Waals surface area contributed by atoms with Crippen LogP contribution in [0.15, 0.2) is 34.9 Å². The van der Waals surface area contributed by atoms with Gasteiger partial charge in [0.2, 0.25) is 0 Å². The molecule has 0 rings (SSSR count). The van der Waals surface area contributed by atoms with Crippen molar-refractivity contribution in [3.05, 3.63) is 34.9 Å². The highest BCUT2D eigenvalue weighted by atomic mass is 31.2. The highest BCUT2D eigenvalue weighted by Gasteiger charge is 2.28. The molecule has 0 heterocycles. The lowest BCUT2D eigenvalue weighted by Gasteiger charge is -2.12. The number of nitrogens with one attached hydrogen (secondary N) is 1. The lowest BCUT2D eigenvalue weighted by Crippen LogP contribution is -2.12. The van der Waals surface area contributed by atoms with Gasteiger partial charge in [-0.3, -0.25) is 9.13 Å². The van der Waals surface area contributed by atoms with Crippen LogP contribution in [0, 0.1) is 0 Å². The van der Waals surface area contributed by atoms with E-state index in [9.17, 15) is 14.0 Å². The minimum atomic E-state index is -4.50. The molecule has 24 heavy (non-hydrogen) atoms. The van der Waals surface area contributed by atoms with Crippen LogP contribution in [0.4, 0.5) is 0 Å². The van der Waals surface area contributed by atoms with Gasteiger partial charge in [-0.25, -0.2) is 5.09 Å². The maximum Gasteiger partial charge on any atom is 0.336 e. The summed E-state index contributed by atoms with van der Waals surface area (Å²) in [5.41, 5.74) is 3.74. The average molecular weight is 379 g/mol. The van der Waals surface area contributed by atoms with E-state index in [2.05, 4.69) is 38.0 Å². The highest BCUT2D eigenvalue weighted by molar-refractivity contribution is 7.71. The minimum Gasteiger partial charge on any atom is -0.333 e. The first-order valence-corrected chi connectivity index (χ1v) is 11.6. The SMILES string of the molecule is CC(C)=CCCC(C)=CCCC(C)=CCNP(=O)(O)CP(=O)(O)O. The van der Waals surface area contributed by atoms with E-state index in [0.29, 0.717) is 0 Å². The number of rotatable bonds is 11. The lowest BCUT2D eigenvalue weighted by atomic mass is 10.1. The van der Waals surface area contributed by atoms with E-state index < -0.39 is 21.0 Å². The van der Waals surface area contributed by atoms with Crippen LogP contribution in [-0.2, 0) is 9.13 Å². The topological polar surface area (TPSA) is 107 Å². The first-order valence-electron chi connectivity index (χ1n) is 7.97. The maximum absolute atomic E-state index is 11.6. The Balaban J connectivity index is 4.18. The van der Waals surface area contributed by atoms with Gasteiger partial charge in [-0.05, 0) is 53.4 Å². The number of allylic oxidation sites excluding steroid dienone is 5. The molecule has 0 bridgehead atoms. The first kappa shape index (κ1) is 23.5. The Hall–Kier alpha value is -0.480. The van der Waals surface area contributed by atoms with E-state index in [1.54, 1.807) is 6.08 Å². The third kappa shape index (κ3) is 15.1. The zero-order chi connectivity index (χ0) is 18.8. The van der Waals surface area contributed by atoms with Gasteiger partial charge in [0.25, 0.3) is 7.52 Å². The van der Waals surface area contributed by atoms with Crippen LogP contribution in [-0.4, -0.2) is 27.1 Å². The molecule has 1 atom stereocenters. The Morgan fingerprint density at radius 3 is 1.88 bits per heavy atom. The Morgan fingerprint density at radius 1 is 0.875 bits per heavy atom. The van der Waals surface area contributed by atoms with Gasteiger partial charge in [0.1, 0.15) is 5.90 Å². The van der Waals surface area contributed by atoms with Crippen LogP contribution in [0.1, 0.15) is 53.4 Å². The Kier molecular flexibility index (Phi) is 11.0. The monoisotopic (exact) mass is 379 g/mol. The second kappa shape index (κ2) is 11.2. The summed E-state index contributed by atoms with van der Waals surface area (Å²) in [4.78, 5) is 26.9. The van der Waals surface area contributed by atoms with Crippen LogP contribution in [0.2, 0.25) is 0 Å². The molecule has 0 aliphatic carbocycles. The van der Waals surface area contributed by atoms with E-state index in [-0.39, 0.29) is 6.54 Å². The van der Waals surface area contributed by atoms with Gasteiger partial charge in [-0.1, -0.05) is 34.9 Å². The zero-order valence-corrected chi connectivity index (χ0v) is 16.8. The summed E-state index contributed by atoms with van der Waals surface area (Å²) in [7, 11) is -8.51. The molecule has 4 N–H and O–H groups in total. The molecule has 0 amide bonds. The number of hydrogen-bond acceptors (Lipinski definition) is 2. The van der Waals surface area contributed by atoms with Gasteiger partial charge < -0.3 is 14.7 Å². The molecule has 0 spiro atoms. The van der Waals surface area contributed by atoms with E-state index in [1.165, 1.54) is 11.1 Å². The average Bonchev–Trinajstić information content (AvgIpc) is 2.34. The fourth-order valence-corrected chi connectivity index (χ4v) is 4.78. The highest BCUT2D eigenvalue weighted by Crippen LogP contribution is 2.51. The molecule has 8 heteroatoms. The van der Waals surface area contributed by atoms with E-state index in [0.717, 1.165) is 31.3 Å². The molecule has 0 aliphatic rings. The van der Waals surface area contributed by atoms with Crippen LogP contribution in [0.5, 0.6) is 0 Å². The first-order chi connectivity index (χ1) is 10.9. The quantitative estimate of drug-likeness (QED) is 0.315. The summed E-state index contributed by atoms with van der Waals surface area (Å²) in [5, 5.41) is 2.30. The van der Waals surface area contributed by atoms with Gasteiger partial charge >= 0.3 is 7.60 Å². The summed E-state index contributed by atoms with van der Waals surface area (Å²) in [6.45, 7) is 8.34. The van der Waals surface area contributed by atoms with Crippen molar-refractivity contribution in [2.75, 3.05) is 12.4 Å². The summed E-state index contributed by atoms with van der Waals surface area (Å²) in [5.74, 6) is -1.04. The lowest BCUT2D eigenvalue weighted by molar-refractivity contribution is 0.375. The normalized spacial score (nSPS) is 16.0. The third-order valence-electron chi connectivity index (χ3n) is 3.29. The zero-order valence-electron chi connectivity index (χ0n) is 15.0. The van der Waals surface area contributed by atoms with Crippen molar-refractivity contribution in [3.63, 3.8) is 0 Å². The van der Waals surface area contributed by atoms with Gasteiger partial charge in [0.15, 0.2) is 0 Å². The van der Waals surface area contributed by atoms with Crippen LogP contribution in [0.25, 0.3) is 0 Å². The predicted octanol–water partition coefficient (Wildman–Crippen LogP) is 4.32. The third-order valence-corrected chi connectivity index (χ3v) is 6.97. The van der Waals surface area contributed by atoms with E-state index in [1.807, 2.05) is 6.92 Å². The summed E-state index contributed by atoms with van der Waals surface area (Å²) >= 11 is 0. The van der Waals surface area contributed by atoms with Crippen molar-refractivity contribution in [1.29, 1.82) is 0 Å². The summed E-state index contributed by atoms with van der Waals surface area (Å²) in [6.07, 6.45) is 10.0. The van der Waals surface area contributed by atoms with Gasteiger partial charge in [-0.15, -0.1) is 0 Å². The molecule has 0 fully saturated rings. The smallest absolute Gasteiger partial charge is 0.333 e. The van der Waals surface area contributed by atoms with E-state index >= 15 is 0 Å². The molecule has 0 aromatic carbocycles. The molecule has 1 unspecified atom stereocenters. The van der Waals surface area contributed by atoms with Crippen LogP contribution in [0.3, 0.4) is 0 Å². The summed E-state index contributed by atoms with van der Waals surface area (Å²) < 4.78 is 22.3.